The molecule has 0 spiro atoms. The van der Waals surface area contributed by atoms with Gasteiger partial charge in [0.15, 0.2) is 0 Å². The molecular weight excluding hydrogens is 355 g/mol. The average molecular weight is 375 g/mol. The number of rotatable bonds is 3. The zero-order chi connectivity index (χ0) is 19.4. The van der Waals surface area contributed by atoms with E-state index in [1.54, 1.807) is 31.4 Å². The Kier molecular flexibility index (Phi) is 5.93. The molecule has 0 saturated heterocycles. The molecule has 136 valence electrons. The van der Waals surface area contributed by atoms with Crippen molar-refractivity contribution in [3.05, 3.63) is 59.7 Å². The van der Waals surface area contributed by atoms with Gasteiger partial charge in [0.25, 0.3) is 0 Å². The first-order valence-corrected chi connectivity index (χ1v) is 11.5. The van der Waals surface area contributed by atoms with E-state index in [1.807, 2.05) is 0 Å². The molecule has 0 aliphatic carbocycles. The maximum atomic E-state index is 12.8. The van der Waals surface area contributed by atoms with Crippen LogP contribution < -0.4 is 4.74 Å². The van der Waals surface area contributed by atoms with Gasteiger partial charge >= 0.3 is 6.18 Å². The second kappa shape index (κ2) is 7.79. The van der Waals surface area contributed by atoms with Gasteiger partial charge in [0.2, 0.25) is 0 Å². The van der Waals surface area contributed by atoms with E-state index in [1.165, 1.54) is 12.1 Å². The lowest BCUT2D eigenvalue weighted by Gasteiger charge is -2.08. The average Bonchev–Trinajstić information content (AvgIpc) is 2.58. The molecule has 2 nitrogen and oxygen atoms in total. The zero-order valence-electron chi connectivity index (χ0n) is 15.1. The summed E-state index contributed by atoms with van der Waals surface area (Å²) in [7, 11) is -0.0928. The fourth-order valence-electron chi connectivity index (χ4n) is 2.01. The highest BCUT2D eigenvalue weighted by atomic mass is 28.3. The molecule has 0 aliphatic rings. The quantitative estimate of drug-likeness (QED) is 0.382. The second-order valence-electron chi connectivity index (χ2n) is 6.73. The van der Waals surface area contributed by atoms with E-state index >= 15 is 0 Å². The molecule has 0 aliphatic heterocycles. The highest BCUT2D eigenvalue weighted by Gasteiger charge is 2.30. The van der Waals surface area contributed by atoms with E-state index in [0.717, 1.165) is 12.1 Å². The molecule has 0 heterocycles. The molecule has 6 heteroatoms. The predicted molar refractivity (Wildman–Crippen MR) is 102 cm³/mol. The van der Waals surface area contributed by atoms with Gasteiger partial charge in [-0.25, -0.2) is 4.99 Å². The van der Waals surface area contributed by atoms with E-state index in [4.69, 9.17) is 4.74 Å². The van der Waals surface area contributed by atoms with Crippen molar-refractivity contribution in [2.45, 2.75) is 25.8 Å². The van der Waals surface area contributed by atoms with Gasteiger partial charge in [-0.2, -0.15) is 13.2 Å². The van der Waals surface area contributed by atoms with Crippen LogP contribution in [0.1, 0.15) is 11.1 Å². The molecule has 2 aromatic rings. The summed E-state index contributed by atoms with van der Waals surface area (Å²) >= 11 is 0. The van der Waals surface area contributed by atoms with Gasteiger partial charge in [-0.1, -0.05) is 37.7 Å². The van der Waals surface area contributed by atoms with Crippen LogP contribution >= 0.6 is 0 Å². The van der Waals surface area contributed by atoms with Crippen LogP contribution in [0, 0.1) is 11.5 Å². The standard InChI is InChI=1S/C20H20F3NOSi/c1-25-18-11-9-17(10-12-18)24-19(13-14-26(2,3)4)15-5-7-16(8-6-15)20(21,22)23/h5-12H,1-4H3. The summed E-state index contributed by atoms with van der Waals surface area (Å²) in [6, 6.07) is 12.0. The van der Waals surface area contributed by atoms with Gasteiger partial charge in [0, 0.05) is 5.56 Å². The van der Waals surface area contributed by atoms with Crippen LogP contribution in [0.4, 0.5) is 18.9 Å². The van der Waals surface area contributed by atoms with Crippen molar-refractivity contribution in [2.75, 3.05) is 7.11 Å². The van der Waals surface area contributed by atoms with Gasteiger partial charge in [0.1, 0.15) is 19.5 Å². The van der Waals surface area contributed by atoms with Crippen LogP contribution in [0.3, 0.4) is 0 Å². The number of halogens is 3. The molecule has 0 radical (unpaired) electrons. The van der Waals surface area contributed by atoms with Gasteiger partial charge in [0.05, 0.1) is 18.4 Å². The molecule has 2 rings (SSSR count). The van der Waals surface area contributed by atoms with Crippen molar-refractivity contribution in [3.63, 3.8) is 0 Å². The zero-order valence-corrected chi connectivity index (χ0v) is 16.1. The molecule has 0 saturated carbocycles. The molecule has 2 aromatic carbocycles. The third-order valence-electron chi connectivity index (χ3n) is 3.35. The minimum absolute atomic E-state index is 0.450. The number of methoxy groups -OCH3 is 1. The molecule has 0 atom stereocenters. The fourth-order valence-corrected chi connectivity index (χ4v) is 2.51. The number of nitrogens with zero attached hydrogens (tertiary/aromatic N) is 1. The number of hydrogen-bond donors (Lipinski definition) is 0. The largest absolute Gasteiger partial charge is 0.497 e. The number of ether oxygens (including phenoxy) is 1. The van der Waals surface area contributed by atoms with Crippen molar-refractivity contribution in [1.82, 2.24) is 0 Å². The minimum Gasteiger partial charge on any atom is -0.497 e. The molecule has 0 fully saturated rings. The molecule has 0 N–H and O–H groups in total. The van der Waals surface area contributed by atoms with Crippen molar-refractivity contribution >= 4 is 19.5 Å². The topological polar surface area (TPSA) is 21.6 Å². The SMILES string of the molecule is COc1ccc(N=C(C#C[Si](C)(C)C)c2ccc(C(F)(F)F)cc2)cc1. The summed E-state index contributed by atoms with van der Waals surface area (Å²) in [5.74, 6) is 3.76. The van der Waals surface area contributed by atoms with Gasteiger partial charge in [-0.05, 0) is 36.4 Å². The lowest BCUT2D eigenvalue weighted by atomic mass is 10.1. The molecular formula is C20H20F3NOSi. The van der Waals surface area contributed by atoms with E-state index in [-0.39, 0.29) is 0 Å². The van der Waals surface area contributed by atoms with Crippen LogP contribution in [-0.4, -0.2) is 20.9 Å². The lowest BCUT2D eigenvalue weighted by molar-refractivity contribution is -0.137. The Bertz CT molecular complexity index is 836. The number of alkyl halides is 3. The van der Waals surface area contributed by atoms with E-state index < -0.39 is 19.8 Å². The highest BCUT2D eigenvalue weighted by molar-refractivity contribution is 6.84. The smallest absolute Gasteiger partial charge is 0.416 e. The van der Waals surface area contributed by atoms with Crippen LogP contribution in [0.2, 0.25) is 19.6 Å². The summed E-state index contributed by atoms with van der Waals surface area (Å²) in [5.41, 5.74) is 4.19. The van der Waals surface area contributed by atoms with Crippen LogP contribution in [0.15, 0.2) is 53.5 Å². The summed E-state index contributed by atoms with van der Waals surface area (Å²) in [6.45, 7) is 6.28. The van der Waals surface area contributed by atoms with E-state index in [2.05, 4.69) is 36.1 Å². The maximum Gasteiger partial charge on any atom is 0.416 e. The summed E-state index contributed by atoms with van der Waals surface area (Å²) < 4.78 is 43.5. The van der Waals surface area contributed by atoms with Crippen LogP contribution in [0.5, 0.6) is 5.75 Å². The third-order valence-corrected chi connectivity index (χ3v) is 4.23. The third kappa shape index (κ3) is 5.78. The van der Waals surface area contributed by atoms with Crippen molar-refractivity contribution in [1.29, 1.82) is 0 Å². The Balaban J connectivity index is 2.46. The van der Waals surface area contributed by atoms with Gasteiger partial charge < -0.3 is 4.74 Å². The first kappa shape index (κ1) is 19.8. The first-order valence-electron chi connectivity index (χ1n) is 8.02. The summed E-state index contributed by atoms with van der Waals surface area (Å²) in [6.07, 6.45) is -4.37. The molecule has 0 amide bonds. The Hall–Kier alpha value is -2.52. The fraction of sp³-hybridized carbons (Fsp3) is 0.250. The number of hydrogen-bond acceptors (Lipinski definition) is 2. The van der Waals surface area contributed by atoms with Crippen molar-refractivity contribution in [2.24, 2.45) is 4.99 Å². The molecule has 0 aromatic heterocycles. The van der Waals surface area contributed by atoms with Crippen molar-refractivity contribution < 1.29 is 17.9 Å². The van der Waals surface area contributed by atoms with Gasteiger partial charge in [-0.15, -0.1) is 5.54 Å². The Morgan fingerprint density at radius 1 is 0.962 bits per heavy atom. The highest BCUT2D eigenvalue weighted by Crippen LogP contribution is 2.29. The minimum atomic E-state index is -4.37. The second-order valence-corrected chi connectivity index (χ2v) is 11.5. The molecule has 0 bridgehead atoms. The summed E-state index contributed by atoms with van der Waals surface area (Å²) in [5, 5.41) is 0. The van der Waals surface area contributed by atoms with Crippen LogP contribution in [0.25, 0.3) is 0 Å². The predicted octanol–water partition coefficient (Wildman–Crippen LogP) is 5.72. The van der Waals surface area contributed by atoms with Crippen molar-refractivity contribution in [3.8, 4) is 17.2 Å². The Morgan fingerprint density at radius 2 is 1.54 bits per heavy atom. The molecule has 0 unspecified atom stereocenters. The maximum absolute atomic E-state index is 12.8. The monoisotopic (exact) mass is 375 g/mol. The van der Waals surface area contributed by atoms with Gasteiger partial charge in [-0.3, -0.25) is 0 Å². The van der Waals surface area contributed by atoms with E-state index in [0.29, 0.717) is 22.7 Å². The normalized spacial score (nSPS) is 12.3. The summed E-state index contributed by atoms with van der Waals surface area (Å²) in [4.78, 5) is 4.53. The van der Waals surface area contributed by atoms with E-state index in [9.17, 15) is 13.2 Å². The Labute approximate surface area is 152 Å². The number of aliphatic imine (C=N–C) groups is 1. The van der Waals surface area contributed by atoms with Crippen LogP contribution in [-0.2, 0) is 6.18 Å². The number of benzene rings is 2. The molecule has 26 heavy (non-hydrogen) atoms. The lowest BCUT2D eigenvalue weighted by Crippen LogP contribution is -2.17. The first-order chi connectivity index (χ1) is 12.1. The Morgan fingerprint density at radius 3 is 2.00 bits per heavy atom.